The van der Waals surface area contributed by atoms with Crippen LogP contribution in [0.15, 0.2) is 0 Å². The van der Waals surface area contributed by atoms with E-state index in [9.17, 15) is 9.59 Å². The Bertz CT molecular complexity index is 346. The van der Waals surface area contributed by atoms with Gasteiger partial charge in [-0.2, -0.15) is 0 Å². The maximum Gasteiger partial charge on any atom is 0.305 e. The second-order valence-corrected chi connectivity index (χ2v) is 8.77. The van der Waals surface area contributed by atoms with Crippen molar-refractivity contribution in [3.05, 3.63) is 0 Å². The molecule has 32 heavy (non-hydrogen) atoms. The van der Waals surface area contributed by atoms with Gasteiger partial charge < -0.3 is 9.47 Å². The minimum absolute atomic E-state index is 0.0366. The van der Waals surface area contributed by atoms with Gasteiger partial charge in [-0.25, -0.2) is 0 Å². The Morgan fingerprint density at radius 2 is 0.656 bits per heavy atom. The van der Waals surface area contributed by atoms with Crippen LogP contribution in [-0.2, 0) is 19.1 Å². The summed E-state index contributed by atoms with van der Waals surface area (Å²) in [5.74, 6) is -0.0732. The highest BCUT2D eigenvalue weighted by Gasteiger charge is 2.01. The molecule has 192 valence electrons. The summed E-state index contributed by atoms with van der Waals surface area (Å²) in [7, 11) is 0. The summed E-state index contributed by atoms with van der Waals surface area (Å²) in [6, 6.07) is 0. The van der Waals surface area contributed by atoms with E-state index in [2.05, 4.69) is 13.8 Å². The zero-order chi connectivity index (χ0) is 24.1. The van der Waals surface area contributed by atoms with Crippen LogP contribution in [-0.4, -0.2) is 25.2 Å². The third-order valence-electron chi connectivity index (χ3n) is 5.58. The number of unbranched alkanes of at least 4 members (excludes halogenated alkanes) is 16. The smallest absolute Gasteiger partial charge is 0.305 e. The topological polar surface area (TPSA) is 52.6 Å². The van der Waals surface area contributed by atoms with Gasteiger partial charge in [-0.1, -0.05) is 117 Å². The summed E-state index contributed by atoms with van der Waals surface area (Å²) in [4.78, 5) is 22.1. The van der Waals surface area contributed by atoms with Crippen molar-refractivity contribution in [3.8, 4) is 0 Å². The fraction of sp³-hybridized carbons (Fsp3) is 0.929. The average molecular weight is 457 g/mol. The van der Waals surface area contributed by atoms with Crippen molar-refractivity contribution in [3.63, 3.8) is 0 Å². The van der Waals surface area contributed by atoms with Crippen LogP contribution in [0.25, 0.3) is 0 Å². The Morgan fingerprint density at radius 3 is 0.906 bits per heavy atom. The van der Waals surface area contributed by atoms with Gasteiger partial charge in [0.1, 0.15) is 0 Å². The molecule has 0 aromatic heterocycles. The normalized spacial score (nSPS) is 10.4. The first-order chi connectivity index (χ1) is 15.6. The van der Waals surface area contributed by atoms with Crippen molar-refractivity contribution < 1.29 is 19.1 Å². The molecule has 4 heteroatoms. The molecule has 0 rings (SSSR count). The molecule has 0 saturated carbocycles. The number of rotatable bonds is 22. The summed E-state index contributed by atoms with van der Waals surface area (Å²) in [6.45, 7) is 9.22. The largest absolute Gasteiger partial charge is 0.466 e. The highest BCUT2D eigenvalue weighted by atomic mass is 16.5. The summed E-state index contributed by atoms with van der Waals surface area (Å²) in [6.07, 6.45) is 24.4. The van der Waals surface area contributed by atoms with E-state index < -0.39 is 0 Å². The molecule has 0 spiro atoms. The van der Waals surface area contributed by atoms with Gasteiger partial charge in [0.05, 0.1) is 13.2 Å². The van der Waals surface area contributed by atoms with E-state index in [4.69, 9.17) is 9.47 Å². The van der Waals surface area contributed by atoms with Crippen LogP contribution in [0.2, 0.25) is 0 Å². The lowest BCUT2D eigenvalue weighted by Gasteiger charge is -2.02. The Balaban J connectivity index is 0. The molecule has 0 aromatic carbocycles. The average Bonchev–Trinajstić information content (AvgIpc) is 2.78. The minimum atomic E-state index is -0.0366. The lowest BCUT2D eigenvalue weighted by molar-refractivity contribution is -0.144. The monoisotopic (exact) mass is 456 g/mol. The predicted octanol–water partition coefficient (Wildman–Crippen LogP) is 8.94. The number of carbonyl (C=O) groups is 2. The first kappa shape index (κ1) is 33.1. The zero-order valence-electron chi connectivity index (χ0n) is 22.2. The quantitative estimate of drug-likeness (QED) is 0.120. The molecule has 0 unspecified atom stereocenters. The van der Waals surface area contributed by atoms with E-state index >= 15 is 0 Å². The molecule has 0 bridgehead atoms. The molecule has 0 N–H and O–H groups in total. The van der Waals surface area contributed by atoms with Crippen molar-refractivity contribution >= 4 is 11.9 Å². The van der Waals surface area contributed by atoms with E-state index in [-0.39, 0.29) is 11.9 Å². The molecular formula is C28H56O4. The summed E-state index contributed by atoms with van der Waals surface area (Å²) < 4.78 is 9.75. The lowest BCUT2D eigenvalue weighted by Crippen LogP contribution is -2.03. The van der Waals surface area contributed by atoms with Crippen LogP contribution in [0.5, 0.6) is 0 Å². The maximum atomic E-state index is 11.0. The molecular weight excluding hydrogens is 400 g/mol. The van der Waals surface area contributed by atoms with Crippen molar-refractivity contribution in [2.45, 2.75) is 156 Å². The van der Waals surface area contributed by atoms with E-state index in [1.807, 2.05) is 13.8 Å². The molecule has 4 nitrogen and oxygen atoms in total. The van der Waals surface area contributed by atoms with Crippen molar-refractivity contribution in [2.75, 3.05) is 13.2 Å². The Kier molecular flexibility index (Phi) is 31.0. The Hall–Kier alpha value is -1.06. The SMILES string of the molecule is CCCCCCCCCCCC(=O)OCC.CCCCCCCCCCCC(=O)OCC. The van der Waals surface area contributed by atoms with Gasteiger partial charge in [0, 0.05) is 12.8 Å². The van der Waals surface area contributed by atoms with Crippen LogP contribution >= 0.6 is 0 Å². The maximum absolute atomic E-state index is 11.0. The summed E-state index contributed by atoms with van der Waals surface area (Å²) in [5, 5.41) is 0. The lowest BCUT2D eigenvalue weighted by atomic mass is 10.1. The van der Waals surface area contributed by atoms with Gasteiger partial charge in [0.15, 0.2) is 0 Å². The molecule has 0 aliphatic carbocycles. The third kappa shape index (κ3) is 31.1. The first-order valence-electron chi connectivity index (χ1n) is 13.9. The molecule has 0 radical (unpaired) electrons. The fourth-order valence-corrected chi connectivity index (χ4v) is 3.63. The van der Waals surface area contributed by atoms with Crippen LogP contribution < -0.4 is 0 Å². The van der Waals surface area contributed by atoms with Gasteiger partial charge in [-0.15, -0.1) is 0 Å². The molecule has 0 fully saturated rings. The second-order valence-electron chi connectivity index (χ2n) is 8.77. The number of hydrogen-bond acceptors (Lipinski definition) is 4. The van der Waals surface area contributed by atoms with E-state index in [1.54, 1.807) is 0 Å². The number of carbonyl (C=O) groups excluding carboxylic acids is 2. The van der Waals surface area contributed by atoms with Crippen molar-refractivity contribution in [1.82, 2.24) is 0 Å². The van der Waals surface area contributed by atoms with Crippen LogP contribution in [0.3, 0.4) is 0 Å². The van der Waals surface area contributed by atoms with E-state index in [1.165, 1.54) is 103 Å². The van der Waals surface area contributed by atoms with Crippen LogP contribution in [0, 0.1) is 0 Å². The minimum Gasteiger partial charge on any atom is -0.466 e. The molecule has 0 aromatic rings. The van der Waals surface area contributed by atoms with Crippen LogP contribution in [0.1, 0.15) is 156 Å². The van der Waals surface area contributed by atoms with Gasteiger partial charge in [-0.05, 0) is 26.7 Å². The first-order valence-corrected chi connectivity index (χ1v) is 13.9. The standard InChI is InChI=1S/2C14H28O2/c2*1-3-5-6-7-8-9-10-11-12-13-14(15)16-4-2/h2*3-13H2,1-2H3. The number of hydrogen-bond donors (Lipinski definition) is 0. The van der Waals surface area contributed by atoms with Gasteiger partial charge in [0.2, 0.25) is 0 Å². The van der Waals surface area contributed by atoms with E-state index in [0.29, 0.717) is 26.1 Å². The second kappa shape index (κ2) is 29.9. The molecule has 0 amide bonds. The van der Waals surface area contributed by atoms with Gasteiger partial charge in [0.25, 0.3) is 0 Å². The number of esters is 2. The molecule has 0 aliphatic heterocycles. The molecule has 0 heterocycles. The zero-order valence-corrected chi connectivity index (χ0v) is 22.2. The highest BCUT2D eigenvalue weighted by molar-refractivity contribution is 5.69. The molecule has 0 saturated heterocycles. The third-order valence-corrected chi connectivity index (χ3v) is 5.58. The Labute approximate surface area is 200 Å². The van der Waals surface area contributed by atoms with Crippen molar-refractivity contribution in [2.24, 2.45) is 0 Å². The summed E-state index contributed by atoms with van der Waals surface area (Å²) >= 11 is 0. The predicted molar refractivity (Wildman–Crippen MR) is 137 cm³/mol. The van der Waals surface area contributed by atoms with Crippen LogP contribution in [0.4, 0.5) is 0 Å². The van der Waals surface area contributed by atoms with E-state index in [0.717, 1.165) is 12.8 Å². The Morgan fingerprint density at radius 1 is 0.406 bits per heavy atom. The fourth-order valence-electron chi connectivity index (χ4n) is 3.63. The number of ether oxygens (including phenoxy) is 2. The van der Waals surface area contributed by atoms with Crippen molar-refractivity contribution in [1.29, 1.82) is 0 Å². The van der Waals surface area contributed by atoms with Gasteiger partial charge in [-0.3, -0.25) is 9.59 Å². The molecule has 0 atom stereocenters. The highest BCUT2D eigenvalue weighted by Crippen LogP contribution is 2.11. The molecule has 0 aliphatic rings. The summed E-state index contributed by atoms with van der Waals surface area (Å²) in [5.41, 5.74) is 0. The van der Waals surface area contributed by atoms with Gasteiger partial charge >= 0.3 is 11.9 Å².